The first-order valence-electron chi connectivity index (χ1n) is 9.66. The van der Waals surface area contributed by atoms with Gasteiger partial charge in [0.05, 0.1) is 24.3 Å². The molecule has 1 saturated heterocycles. The van der Waals surface area contributed by atoms with Crippen molar-refractivity contribution in [3.05, 3.63) is 57.6 Å². The standard InChI is InChI=1S/C22H22Cl2O6S/c1-13-7-17(3-5-19(13)23)29-21(25)9-15-11-31(27,28)12-16(15)10-22(26)30-18-4-6-20(24)14(2)8-18/h3-8,15-16H,9-12H2,1-2H3. The lowest BCUT2D eigenvalue weighted by atomic mass is 9.90. The van der Waals surface area contributed by atoms with Gasteiger partial charge in [0, 0.05) is 10.0 Å². The molecule has 9 heteroatoms. The van der Waals surface area contributed by atoms with Crippen LogP contribution in [0.15, 0.2) is 36.4 Å². The largest absolute Gasteiger partial charge is 0.427 e. The Kier molecular flexibility index (Phi) is 7.29. The molecule has 1 heterocycles. The Hall–Kier alpha value is -2.09. The number of sulfone groups is 1. The molecule has 0 N–H and O–H groups in total. The summed E-state index contributed by atoms with van der Waals surface area (Å²) in [4.78, 5) is 24.8. The van der Waals surface area contributed by atoms with E-state index in [1.165, 1.54) is 0 Å². The molecule has 0 aromatic heterocycles. The van der Waals surface area contributed by atoms with Crippen LogP contribution >= 0.6 is 23.2 Å². The molecule has 2 atom stereocenters. The van der Waals surface area contributed by atoms with E-state index in [9.17, 15) is 18.0 Å². The normalized spacial score (nSPS) is 19.7. The van der Waals surface area contributed by atoms with Crippen LogP contribution < -0.4 is 9.47 Å². The van der Waals surface area contributed by atoms with E-state index < -0.39 is 33.6 Å². The van der Waals surface area contributed by atoms with Gasteiger partial charge < -0.3 is 9.47 Å². The van der Waals surface area contributed by atoms with E-state index in [-0.39, 0.29) is 24.3 Å². The fourth-order valence-electron chi connectivity index (χ4n) is 3.58. The van der Waals surface area contributed by atoms with Crippen molar-refractivity contribution in [2.45, 2.75) is 26.7 Å². The molecule has 0 radical (unpaired) electrons. The highest BCUT2D eigenvalue weighted by Crippen LogP contribution is 2.32. The van der Waals surface area contributed by atoms with Crippen LogP contribution in [-0.2, 0) is 19.4 Å². The van der Waals surface area contributed by atoms with Gasteiger partial charge in [-0.3, -0.25) is 9.59 Å². The summed E-state index contributed by atoms with van der Waals surface area (Å²) in [6, 6.07) is 9.65. The summed E-state index contributed by atoms with van der Waals surface area (Å²) in [5, 5.41) is 1.10. The van der Waals surface area contributed by atoms with Gasteiger partial charge in [-0.2, -0.15) is 0 Å². The third kappa shape index (κ3) is 6.45. The van der Waals surface area contributed by atoms with Crippen LogP contribution in [0.1, 0.15) is 24.0 Å². The molecular formula is C22H22Cl2O6S. The van der Waals surface area contributed by atoms with Gasteiger partial charge in [0.25, 0.3) is 0 Å². The number of benzene rings is 2. The number of ether oxygens (including phenoxy) is 2. The average molecular weight is 485 g/mol. The lowest BCUT2D eigenvalue weighted by Crippen LogP contribution is -2.23. The Bertz CT molecular complexity index is 1030. The predicted molar refractivity (Wildman–Crippen MR) is 119 cm³/mol. The number of rotatable bonds is 6. The number of hydrogen-bond donors (Lipinski definition) is 0. The van der Waals surface area contributed by atoms with Crippen LogP contribution in [0.2, 0.25) is 10.0 Å². The summed E-state index contributed by atoms with van der Waals surface area (Å²) >= 11 is 11.9. The molecule has 6 nitrogen and oxygen atoms in total. The van der Waals surface area contributed by atoms with Crippen LogP contribution in [0.5, 0.6) is 11.5 Å². The smallest absolute Gasteiger partial charge is 0.311 e. The summed E-state index contributed by atoms with van der Waals surface area (Å²) in [5.74, 6) is -1.83. The van der Waals surface area contributed by atoms with Crippen molar-refractivity contribution >= 4 is 45.0 Å². The zero-order valence-corrected chi connectivity index (χ0v) is 19.4. The van der Waals surface area contributed by atoms with Gasteiger partial charge in [0.15, 0.2) is 9.84 Å². The van der Waals surface area contributed by atoms with Crippen LogP contribution in [0.25, 0.3) is 0 Å². The van der Waals surface area contributed by atoms with Crippen molar-refractivity contribution in [3.8, 4) is 11.5 Å². The lowest BCUT2D eigenvalue weighted by molar-refractivity contribution is -0.138. The molecule has 2 aromatic carbocycles. The van der Waals surface area contributed by atoms with E-state index in [2.05, 4.69) is 0 Å². The topological polar surface area (TPSA) is 86.7 Å². The van der Waals surface area contributed by atoms with Crippen LogP contribution in [0, 0.1) is 25.7 Å². The summed E-state index contributed by atoms with van der Waals surface area (Å²) in [7, 11) is -3.36. The highest BCUT2D eigenvalue weighted by Gasteiger charge is 2.40. The van der Waals surface area contributed by atoms with E-state index in [1.807, 2.05) is 0 Å². The maximum Gasteiger partial charge on any atom is 0.311 e. The van der Waals surface area contributed by atoms with Crippen molar-refractivity contribution < 1.29 is 27.5 Å². The molecule has 166 valence electrons. The van der Waals surface area contributed by atoms with Crippen LogP contribution in [-0.4, -0.2) is 31.9 Å². The van der Waals surface area contributed by atoms with E-state index in [1.54, 1.807) is 50.2 Å². The first-order chi connectivity index (χ1) is 14.5. The predicted octanol–water partition coefficient (Wildman–Crippen LogP) is 4.56. The van der Waals surface area contributed by atoms with Crippen molar-refractivity contribution in [2.24, 2.45) is 11.8 Å². The quantitative estimate of drug-likeness (QED) is 0.441. The van der Waals surface area contributed by atoms with Crippen LogP contribution in [0.3, 0.4) is 0 Å². The molecule has 1 aliphatic heterocycles. The maximum atomic E-state index is 12.4. The second kappa shape index (κ2) is 9.59. The van der Waals surface area contributed by atoms with Gasteiger partial charge in [-0.05, 0) is 73.2 Å². The molecule has 3 rings (SSSR count). The van der Waals surface area contributed by atoms with Crippen molar-refractivity contribution in [1.82, 2.24) is 0 Å². The molecule has 2 aromatic rings. The van der Waals surface area contributed by atoms with E-state index >= 15 is 0 Å². The molecular weight excluding hydrogens is 463 g/mol. The molecule has 0 bridgehead atoms. The molecule has 1 fully saturated rings. The third-order valence-electron chi connectivity index (χ3n) is 5.18. The second-order valence-corrected chi connectivity index (χ2v) is 10.7. The molecule has 0 spiro atoms. The van der Waals surface area contributed by atoms with Gasteiger partial charge in [-0.15, -0.1) is 0 Å². The zero-order chi connectivity index (χ0) is 22.8. The Morgan fingerprint density at radius 2 is 1.23 bits per heavy atom. The van der Waals surface area contributed by atoms with Gasteiger partial charge in [0.1, 0.15) is 11.5 Å². The van der Waals surface area contributed by atoms with E-state index in [4.69, 9.17) is 32.7 Å². The van der Waals surface area contributed by atoms with E-state index in [0.29, 0.717) is 21.5 Å². The summed E-state index contributed by atoms with van der Waals surface area (Å²) < 4.78 is 35.0. The lowest BCUT2D eigenvalue weighted by Gasteiger charge is -2.17. The molecule has 0 amide bonds. The number of hydrogen-bond acceptors (Lipinski definition) is 6. The van der Waals surface area contributed by atoms with Gasteiger partial charge in [0.2, 0.25) is 0 Å². The molecule has 1 aliphatic rings. The van der Waals surface area contributed by atoms with E-state index in [0.717, 1.165) is 11.1 Å². The number of esters is 2. The first kappa shape index (κ1) is 23.6. The highest BCUT2D eigenvalue weighted by molar-refractivity contribution is 7.91. The maximum absolute atomic E-state index is 12.4. The van der Waals surface area contributed by atoms with Gasteiger partial charge in [-0.25, -0.2) is 8.42 Å². The monoisotopic (exact) mass is 484 g/mol. The number of carbonyl (C=O) groups is 2. The minimum Gasteiger partial charge on any atom is -0.427 e. The fourth-order valence-corrected chi connectivity index (χ4v) is 6.04. The van der Waals surface area contributed by atoms with Crippen molar-refractivity contribution in [2.75, 3.05) is 11.5 Å². The minimum atomic E-state index is -3.36. The Labute approximate surface area is 191 Å². The number of aryl methyl sites for hydroxylation is 2. The molecule has 0 aliphatic carbocycles. The van der Waals surface area contributed by atoms with Gasteiger partial charge in [-0.1, -0.05) is 23.2 Å². The molecule has 2 unspecified atom stereocenters. The molecule has 31 heavy (non-hydrogen) atoms. The zero-order valence-electron chi connectivity index (χ0n) is 17.1. The Balaban J connectivity index is 1.63. The summed E-state index contributed by atoms with van der Waals surface area (Å²) in [6.07, 6.45) is -0.224. The average Bonchev–Trinajstić information content (AvgIpc) is 2.94. The fraction of sp³-hybridized carbons (Fsp3) is 0.364. The third-order valence-corrected chi connectivity index (χ3v) is 7.90. The highest BCUT2D eigenvalue weighted by atomic mass is 35.5. The van der Waals surface area contributed by atoms with Crippen molar-refractivity contribution in [1.29, 1.82) is 0 Å². The van der Waals surface area contributed by atoms with Crippen LogP contribution in [0.4, 0.5) is 0 Å². The second-order valence-electron chi connectivity index (χ2n) is 7.78. The first-order valence-corrected chi connectivity index (χ1v) is 12.2. The Morgan fingerprint density at radius 3 is 1.58 bits per heavy atom. The SMILES string of the molecule is Cc1cc(OC(=O)CC2CS(=O)(=O)CC2CC(=O)Oc2ccc(Cl)c(C)c2)ccc1Cl. The summed E-state index contributed by atoms with van der Waals surface area (Å²) in [6.45, 7) is 3.57. The number of halogens is 2. The Morgan fingerprint density at radius 1 is 0.839 bits per heavy atom. The summed E-state index contributed by atoms with van der Waals surface area (Å²) in [5.41, 5.74) is 1.52. The number of carbonyl (C=O) groups excluding carboxylic acids is 2. The van der Waals surface area contributed by atoms with Crippen molar-refractivity contribution in [3.63, 3.8) is 0 Å². The molecule has 0 saturated carbocycles. The van der Waals surface area contributed by atoms with Gasteiger partial charge >= 0.3 is 11.9 Å². The minimum absolute atomic E-state index is 0.112.